The molecule has 5 atom stereocenters. The number of aliphatic hydroxyl groups is 1. The van der Waals surface area contributed by atoms with Gasteiger partial charge in [0.1, 0.15) is 19.3 Å². The summed E-state index contributed by atoms with van der Waals surface area (Å²) in [5.74, 6) is -0.0306. The van der Waals surface area contributed by atoms with E-state index in [1.54, 1.807) is 0 Å². The predicted octanol–water partition coefficient (Wildman–Crippen LogP) is 18.6. The lowest BCUT2D eigenvalue weighted by atomic mass is 10.0. The maximum Gasteiger partial charge on any atom is 0.472 e. The van der Waals surface area contributed by atoms with Gasteiger partial charge in [0.05, 0.1) is 26.4 Å². The molecule has 3 N–H and O–H groups in total. The Hall–Kier alpha value is -2.46. The van der Waals surface area contributed by atoms with Crippen molar-refractivity contribution in [1.82, 2.24) is 0 Å². The molecule has 0 amide bonds. The maximum absolute atomic E-state index is 13.0. The van der Waals surface area contributed by atoms with E-state index in [1.165, 1.54) is 103 Å². The highest BCUT2D eigenvalue weighted by atomic mass is 31.2. The lowest BCUT2D eigenvalue weighted by Crippen LogP contribution is -2.30. The van der Waals surface area contributed by atoms with Crippen LogP contribution >= 0.6 is 15.6 Å². The molecule has 87 heavy (non-hydrogen) atoms. The van der Waals surface area contributed by atoms with Crippen LogP contribution in [0.1, 0.15) is 312 Å². The monoisotopic (exact) mass is 1280 g/mol. The zero-order chi connectivity index (χ0) is 64.5. The van der Waals surface area contributed by atoms with Gasteiger partial charge in [-0.15, -0.1) is 0 Å². The number of hydrogen-bond acceptors (Lipinski definition) is 15. The largest absolute Gasteiger partial charge is 0.472 e. The standard InChI is InChI=1S/C68H128O17P2/c1-8-9-10-11-12-13-14-15-16-17-18-19-28-35-42-49-65(70)78-55-63(84-67(72)51-44-37-30-23-21-26-33-40-47-60(4)5)57-82-86(74,75)80-53-62(69)54-81-87(76,77)83-58-64(85-68(73)52-45-38-31-24-27-34-41-48-61(6)7)56-79-66(71)50-43-36-29-22-20-25-32-39-46-59(2)3/h13-16,59-64,69H,8-12,17-58H2,1-7H3,(H,74,75)(H,76,77)/b14-13-,16-15-/t62?,63-,64-/m1/s1. The maximum atomic E-state index is 13.0. The Morgan fingerprint density at radius 1 is 0.356 bits per heavy atom. The first-order chi connectivity index (χ1) is 41.7. The molecule has 0 bridgehead atoms. The third kappa shape index (κ3) is 62.1. The van der Waals surface area contributed by atoms with Gasteiger partial charge in [-0.2, -0.15) is 0 Å². The molecule has 0 radical (unpaired) electrons. The zero-order valence-corrected chi connectivity index (χ0v) is 57.7. The van der Waals surface area contributed by atoms with Crippen LogP contribution in [-0.4, -0.2) is 96.7 Å². The number of phosphoric acid groups is 2. The van der Waals surface area contributed by atoms with Crippen LogP contribution in [-0.2, 0) is 65.4 Å². The number of esters is 4. The van der Waals surface area contributed by atoms with Gasteiger partial charge in [-0.05, 0) is 69.1 Å². The van der Waals surface area contributed by atoms with Crippen LogP contribution in [0.4, 0.5) is 0 Å². The Balaban J connectivity index is 5.27. The predicted molar refractivity (Wildman–Crippen MR) is 349 cm³/mol. The second-order valence-corrected chi connectivity index (χ2v) is 28.2. The van der Waals surface area contributed by atoms with E-state index < -0.39 is 97.5 Å². The lowest BCUT2D eigenvalue weighted by molar-refractivity contribution is -0.161. The summed E-state index contributed by atoms with van der Waals surface area (Å²) in [6.45, 7) is 11.6. The van der Waals surface area contributed by atoms with Crippen molar-refractivity contribution >= 4 is 39.5 Å². The van der Waals surface area contributed by atoms with E-state index in [1.807, 2.05) is 0 Å². The number of allylic oxidation sites excluding steroid dienone is 4. The minimum Gasteiger partial charge on any atom is -0.462 e. The summed E-state index contributed by atoms with van der Waals surface area (Å²) in [6.07, 6.45) is 44.1. The fraction of sp³-hybridized carbons (Fsp3) is 0.882. The van der Waals surface area contributed by atoms with Gasteiger partial charge < -0.3 is 33.8 Å². The molecule has 0 fully saturated rings. The number of phosphoric ester groups is 2. The summed E-state index contributed by atoms with van der Waals surface area (Å²) in [4.78, 5) is 72.4. The van der Waals surface area contributed by atoms with Crippen LogP contribution in [0.2, 0.25) is 0 Å². The molecule has 0 rings (SSSR count). The van der Waals surface area contributed by atoms with Crippen LogP contribution in [0.25, 0.3) is 0 Å². The van der Waals surface area contributed by atoms with Crippen LogP contribution < -0.4 is 0 Å². The zero-order valence-electron chi connectivity index (χ0n) is 56.0. The molecule has 0 aliphatic heterocycles. The van der Waals surface area contributed by atoms with E-state index in [-0.39, 0.29) is 25.7 Å². The molecule has 0 spiro atoms. The molecule has 0 heterocycles. The molecule has 0 aromatic rings. The molecule has 0 aromatic heterocycles. The molecular formula is C68H128O17P2. The quantitative estimate of drug-likeness (QED) is 0.0169. The number of ether oxygens (including phenoxy) is 4. The number of carbonyl (C=O) groups excluding carboxylic acids is 4. The van der Waals surface area contributed by atoms with E-state index in [9.17, 15) is 43.2 Å². The topological polar surface area (TPSA) is 237 Å². The number of rotatable bonds is 64. The van der Waals surface area contributed by atoms with Gasteiger partial charge >= 0.3 is 39.5 Å². The normalized spacial score (nSPS) is 14.4. The average Bonchev–Trinajstić information content (AvgIpc) is 3.66. The Labute approximate surface area is 529 Å². The molecule has 512 valence electrons. The molecule has 0 saturated heterocycles. The van der Waals surface area contributed by atoms with Gasteiger partial charge in [0.15, 0.2) is 12.2 Å². The summed E-state index contributed by atoms with van der Waals surface area (Å²) >= 11 is 0. The van der Waals surface area contributed by atoms with Gasteiger partial charge in [0.25, 0.3) is 0 Å². The molecule has 0 aliphatic rings. The molecule has 0 aromatic carbocycles. The van der Waals surface area contributed by atoms with Crippen molar-refractivity contribution in [2.75, 3.05) is 39.6 Å². The Morgan fingerprint density at radius 3 is 0.931 bits per heavy atom. The van der Waals surface area contributed by atoms with Crippen molar-refractivity contribution in [2.24, 2.45) is 17.8 Å². The highest BCUT2D eigenvalue weighted by Crippen LogP contribution is 2.45. The minimum atomic E-state index is -4.96. The second-order valence-electron chi connectivity index (χ2n) is 25.3. The van der Waals surface area contributed by atoms with Gasteiger partial charge in [-0.3, -0.25) is 37.3 Å². The van der Waals surface area contributed by atoms with Crippen LogP contribution in [0.15, 0.2) is 24.3 Å². The van der Waals surface area contributed by atoms with Crippen LogP contribution in [0, 0.1) is 17.8 Å². The third-order valence-electron chi connectivity index (χ3n) is 15.0. The van der Waals surface area contributed by atoms with Gasteiger partial charge in [-0.25, -0.2) is 9.13 Å². The third-order valence-corrected chi connectivity index (χ3v) is 16.9. The van der Waals surface area contributed by atoms with Crippen molar-refractivity contribution < 1.29 is 80.2 Å². The number of carbonyl (C=O) groups is 4. The van der Waals surface area contributed by atoms with Crippen LogP contribution in [0.3, 0.4) is 0 Å². The average molecular weight is 1280 g/mol. The highest BCUT2D eigenvalue weighted by molar-refractivity contribution is 7.47. The van der Waals surface area contributed by atoms with Crippen molar-refractivity contribution in [2.45, 2.75) is 330 Å². The minimum absolute atomic E-state index is 0.0970. The van der Waals surface area contributed by atoms with E-state index in [0.717, 1.165) is 115 Å². The first-order valence-electron chi connectivity index (χ1n) is 34.7. The number of aliphatic hydroxyl groups excluding tert-OH is 1. The second kappa shape index (κ2) is 58.6. The summed E-state index contributed by atoms with van der Waals surface area (Å²) < 4.78 is 68.1. The fourth-order valence-corrected chi connectivity index (χ4v) is 11.2. The summed E-state index contributed by atoms with van der Waals surface area (Å²) in [5.41, 5.74) is 0. The van der Waals surface area contributed by atoms with Crippen molar-refractivity contribution in [3.8, 4) is 0 Å². The Bertz CT molecular complexity index is 1810. The molecule has 19 heteroatoms. The first-order valence-corrected chi connectivity index (χ1v) is 37.7. The highest BCUT2D eigenvalue weighted by Gasteiger charge is 2.30. The molecular weight excluding hydrogens is 1150 g/mol. The van der Waals surface area contributed by atoms with Gasteiger partial charge in [0.2, 0.25) is 0 Å². The molecule has 3 unspecified atom stereocenters. The Kier molecular flexibility index (Phi) is 57.0. The molecule has 0 saturated carbocycles. The summed E-state index contributed by atoms with van der Waals surface area (Å²) in [5, 5.41) is 10.6. The number of unbranched alkanes of at least 4 members (excludes halogenated alkanes) is 29. The fourth-order valence-electron chi connectivity index (χ4n) is 9.65. The SMILES string of the molecule is CCCCCC/C=C\C=C/CCCCCCCC(=O)OC[C@H](COP(=O)(O)OCC(O)COP(=O)(O)OC[C@@H](COC(=O)CCCCCCCCCCC(C)C)OC(=O)CCCCCCCCCC(C)C)OC(=O)CCCCCCCCCCC(C)C. The van der Waals surface area contributed by atoms with E-state index in [0.29, 0.717) is 37.5 Å². The van der Waals surface area contributed by atoms with Crippen molar-refractivity contribution in [3.63, 3.8) is 0 Å². The summed E-state index contributed by atoms with van der Waals surface area (Å²) in [6, 6.07) is 0. The number of hydrogen-bond donors (Lipinski definition) is 3. The summed E-state index contributed by atoms with van der Waals surface area (Å²) in [7, 11) is -9.91. The van der Waals surface area contributed by atoms with Crippen molar-refractivity contribution in [1.29, 1.82) is 0 Å². The molecule has 0 aliphatic carbocycles. The van der Waals surface area contributed by atoms with Crippen LogP contribution in [0.5, 0.6) is 0 Å². The van der Waals surface area contributed by atoms with E-state index >= 15 is 0 Å². The lowest BCUT2D eigenvalue weighted by Gasteiger charge is -2.21. The van der Waals surface area contributed by atoms with Gasteiger partial charge in [-0.1, -0.05) is 259 Å². The van der Waals surface area contributed by atoms with E-state index in [2.05, 4.69) is 72.8 Å². The Morgan fingerprint density at radius 2 is 0.621 bits per heavy atom. The molecule has 17 nitrogen and oxygen atoms in total. The van der Waals surface area contributed by atoms with Gasteiger partial charge in [0, 0.05) is 25.7 Å². The van der Waals surface area contributed by atoms with E-state index in [4.69, 9.17) is 37.0 Å². The smallest absolute Gasteiger partial charge is 0.462 e. The first kappa shape index (κ1) is 84.5. The van der Waals surface area contributed by atoms with Crippen molar-refractivity contribution in [3.05, 3.63) is 24.3 Å².